The third kappa shape index (κ3) is 5.84. The third-order valence-corrected chi connectivity index (χ3v) is 3.81. The fraction of sp³-hybridized carbons (Fsp3) is 0.562. The van der Waals surface area contributed by atoms with Crippen molar-refractivity contribution in [3.8, 4) is 0 Å². The van der Waals surface area contributed by atoms with Crippen molar-refractivity contribution in [2.24, 2.45) is 5.92 Å². The Morgan fingerprint density at radius 3 is 2.70 bits per heavy atom. The summed E-state index contributed by atoms with van der Waals surface area (Å²) < 4.78 is 40.7. The zero-order chi connectivity index (χ0) is 16.9. The van der Waals surface area contributed by atoms with Gasteiger partial charge in [-0.25, -0.2) is 0 Å². The van der Waals surface area contributed by atoms with Gasteiger partial charge in [0.15, 0.2) is 0 Å². The van der Waals surface area contributed by atoms with E-state index >= 15 is 0 Å². The molecule has 128 valence electrons. The van der Waals surface area contributed by atoms with Crippen molar-refractivity contribution >= 4 is 5.91 Å². The Morgan fingerprint density at radius 2 is 2.04 bits per heavy atom. The van der Waals surface area contributed by atoms with E-state index in [0.29, 0.717) is 18.4 Å². The number of aliphatic hydroxyl groups is 1. The Bertz CT molecular complexity index is 534. The van der Waals surface area contributed by atoms with Gasteiger partial charge in [-0.2, -0.15) is 13.2 Å². The van der Waals surface area contributed by atoms with Crippen molar-refractivity contribution in [3.05, 3.63) is 35.4 Å². The molecule has 7 heteroatoms. The maximum absolute atomic E-state index is 12.0. The van der Waals surface area contributed by atoms with Gasteiger partial charge in [-0.15, -0.1) is 0 Å². The molecule has 0 radical (unpaired) electrons. The molecular weight excluding hydrogens is 311 g/mol. The number of aliphatic hydroxyl groups excluding tert-OH is 1. The number of hydrogen-bond acceptors (Lipinski definition) is 3. The molecule has 1 amide bonds. The van der Waals surface area contributed by atoms with E-state index in [2.05, 4.69) is 10.1 Å². The van der Waals surface area contributed by atoms with Crippen LogP contribution in [0.2, 0.25) is 0 Å². The topological polar surface area (TPSA) is 58.6 Å². The lowest BCUT2D eigenvalue weighted by molar-refractivity contribution is -0.176. The molecule has 4 nitrogen and oxygen atoms in total. The second kappa shape index (κ2) is 7.79. The second-order valence-corrected chi connectivity index (χ2v) is 5.75. The molecule has 1 aromatic rings. The number of amides is 1. The van der Waals surface area contributed by atoms with Crippen LogP contribution in [-0.2, 0) is 22.7 Å². The smallest absolute Gasteiger partial charge is 0.392 e. The van der Waals surface area contributed by atoms with Gasteiger partial charge in [-0.05, 0) is 30.4 Å². The van der Waals surface area contributed by atoms with Crippen molar-refractivity contribution < 1.29 is 27.8 Å². The molecule has 2 atom stereocenters. The van der Waals surface area contributed by atoms with E-state index in [4.69, 9.17) is 0 Å². The van der Waals surface area contributed by atoms with Gasteiger partial charge in [0.25, 0.3) is 0 Å². The zero-order valence-electron chi connectivity index (χ0n) is 12.6. The van der Waals surface area contributed by atoms with Crippen LogP contribution in [0.1, 0.15) is 30.4 Å². The van der Waals surface area contributed by atoms with Crippen LogP contribution in [0.4, 0.5) is 13.2 Å². The Labute approximate surface area is 132 Å². The van der Waals surface area contributed by atoms with Gasteiger partial charge in [0, 0.05) is 6.54 Å². The Hall–Kier alpha value is -1.60. The van der Waals surface area contributed by atoms with Crippen LogP contribution in [0.3, 0.4) is 0 Å². The first-order valence-corrected chi connectivity index (χ1v) is 7.53. The molecule has 2 unspecified atom stereocenters. The molecule has 0 saturated heterocycles. The highest BCUT2D eigenvalue weighted by Crippen LogP contribution is 2.25. The first-order chi connectivity index (χ1) is 10.8. The monoisotopic (exact) mass is 331 g/mol. The lowest BCUT2D eigenvalue weighted by atomic mass is 10.0. The van der Waals surface area contributed by atoms with Crippen molar-refractivity contribution in [2.75, 3.05) is 6.61 Å². The van der Waals surface area contributed by atoms with E-state index in [0.717, 1.165) is 12.0 Å². The number of hydrogen-bond donors (Lipinski definition) is 2. The molecule has 0 heterocycles. The van der Waals surface area contributed by atoms with Gasteiger partial charge in [-0.1, -0.05) is 24.3 Å². The van der Waals surface area contributed by atoms with E-state index in [9.17, 15) is 23.1 Å². The molecule has 2 N–H and O–H groups in total. The minimum absolute atomic E-state index is 0.136. The quantitative estimate of drug-likeness (QED) is 0.842. The summed E-state index contributed by atoms with van der Waals surface area (Å²) in [6, 6.07) is 6.85. The summed E-state index contributed by atoms with van der Waals surface area (Å²) in [7, 11) is 0. The summed E-state index contributed by atoms with van der Waals surface area (Å²) in [6.07, 6.45) is -2.77. The number of benzene rings is 1. The van der Waals surface area contributed by atoms with Crippen molar-refractivity contribution in [2.45, 2.75) is 44.7 Å². The van der Waals surface area contributed by atoms with Crippen LogP contribution in [-0.4, -0.2) is 29.9 Å². The van der Waals surface area contributed by atoms with E-state index in [1.807, 2.05) is 0 Å². The number of alkyl halides is 3. The highest BCUT2D eigenvalue weighted by molar-refractivity contribution is 5.79. The van der Waals surface area contributed by atoms with E-state index in [1.54, 1.807) is 24.3 Å². The van der Waals surface area contributed by atoms with Crippen LogP contribution in [0, 0.1) is 5.92 Å². The molecule has 0 aromatic heterocycles. The fourth-order valence-electron chi connectivity index (χ4n) is 2.68. The van der Waals surface area contributed by atoms with Crippen molar-refractivity contribution in [3.63, 3.8) is 0 Å². The SMILES string of the molecule is O=C(NCc1cccc(COCC(F)(F)F)c1)C1CCCC1O. The molecule has 1 fully saturated rings. The Morgan fingerprint density at radius 1 is 1.30 bits per heavy atom. The maximum atomic E-state index is 12.0. The second-order valence-electron chi connectivity index (χ2n) is 5.75. The maximum Gasteiger partial charge on any atom is 0.411 e. The van der Waals surface area contributed by atoms with Gasteiger partial charge in [0.1, 0.15) is 6.61 Å². The standard InChI is InChI=1S/C16H20F3NO3/c17-16(18,19)10-23-9-12-4-1-3-11(7-12)8-20-15(22)13-5-2-6-14(13)21/h1,3-4,7,13-14,21H,2,5-6,8-10H2,(H,20,22). The molecule has 0 bridgehead atoms. The van der Waals surface area contributed by atoms with Crippen LogP contribution in [0.15, 0.2) is 24.3 Å². The number of halogens is 3. The van der Waals surface area contributed by atoms with Crippen molar-refractivity contribution in [1.29, 1.82) is 0 Å². The molecule has 23 heavy (non-hydrogen) atoms. The fourth-order valence-corrected chi connectivity index (χ4v) is 2.68. The molecule has 1 aliphatic carbocycles. The van der Waals surface area contributed by atoms with Crippen LogP contribution >= 0.6 is 0 Å². The minimum Gasteiger partial charge on any atom is -0.392 e. The molecule has 1 aromatic carbocycles. The molecule has 2 rings (SSSR count). The molecule has 0 spiro atoms. The highest BCUT2D eigenvalue weighted by Gasteiger charge is 2.31. The zero-order valence-corrected chi connectivity index (χ0v) is 12.6. The number of carbonyl (C=O) groups is 1. The lowest BCUT2D eigenvalue weighted by Gasteiger charge is -2.14. The number of ether oxygens (including phenoxy) is 1. The number of carbonyl (C=O) groups excluding carboxylic acids is 1. The summed E-state index contributed by atoms with van der Waals surface area (Å²) in [4.78, 5) is 12.0. The normalized spacial score (nSPS) is 21.4. The average Bonchev–Trinajstić information content (AvgIpc) is 2.90. The number of rotatable bonds is 6. The summed E-state index contributed by atoms with van der Waals surface area (Å²) in [5.74, 6) is -0.554. The molecular formula is C16H20F3NO3. The Balaban J connectivity index is 1.81. The van der Waals surface area contributed by atoms with Gasteiger partial charge in [0.05, 0.1) is 18.6 Å². The first-order valence-electron chi connectivity index (χ1n) is 7.53. The van der Waals surface area contributed by atoms with Gasteiger partial charge in [0.2, 0.25) is 5.91 Å². The number of nitrogens with one attached hydrogen (secondary N) is 1. The van der Waals surface area contributed by atoms with E-state index in [1.165, 1.54) is 0 Å². The summed E-state index contributed by atoms with van der Waals surface area (Å²) in [5, 5.41) is 12.5. The van der Waals surface area contributed by atoms with Gasteiger partial charge < -0.3 is 15.2 Å². The Kier molecular flexibility index (Phi) is 6.01. The van der Waals surface area contributed by atoms with Crippen LogP contribution in [0.5, 0.6) is 0 Å². The average molecular weight is 331 g/mol. The summed E-state index contributed by atoms with van der Waals surface area (Å²) >= 11 is 0. The predicted molar refractivity (Wildman–Crippen MR) is 77.3 cm³/mol. The lowest BCUT2D eigenvalue weighted by Crippen LogP contribution is -2.34. The van der Waals surface area contributed by atoms with E-state index < -0.39 is 18.9 Å². The van der Waals surface area contributed by atoms with Crippen LogP contribution in [0.25, 0.3) is 0 Å². The summed E-state index contributed by atoms with van der Waals surface area (Å²) in [6.45, 7) is -1.15. The third-order valence-electron chi connectivity index (χ3n) is 3.81. The van der Waals surface area contributed by atoms with E-state index in [-0.39, 0.29) is 25.0 Å². The van der Waals surface area contributed by atoms with Gasteiger partial charge >= 0.3 is 6.18 Å². The minimum atomic E-state index is -4.34. The highest BCUT2D eigenvalue weighted by atomic mass is 19.4. The van der Waals surface area contributed by atoms with Gasteiger partial charge in [-0.3, -0.25) is 4.79 Å². The molecule has 1 saturated carbocycles. The molecule has 1 aliphatic rings. The van der Waals surface area contributed by atoms with Crippen molar-refractivity contribution in [1.82, 2.24) is 5.32 Å². The first kappa shape index (κ1) is 17.7. The predicted octanol–water partition coefficient (Wildman–Crippen LogP) is 2.54. The van der Waals surface area contributed by atoms with Crippen LogP contribution < -0.4 is 5.32 Å². The summed E-state index contributed by atoms with van der Waals surface area (Å²) in [5.41, 5.74) is 1.39. The largest absolute Gasteiger partial charge is 0.411 e. The molecule has 0 aliphatic heterocycles.